The molecule has 0 spiro atoms. The van der Waals surface area contributed by atoms with E-state index in [4.69, 9.17) is 4.52 Å². The Balaban J connectivity index is 1.28. The van der Waals surface area contributed by atoms with Crippen molar-refractivity contribution >= 4 is 6.03 Å². The number of fused-ring (bicyclic) bond motifs is 1. The second-order valence-electron chi connectivity index (χ2n) is 6.87. The molecule has 3 heterocycles. The first-order valence-corrected chi connectivity index (χ1v) is 9.09. The highest BCUT2D eigenvalue weighted by atomic mass is 16.5. The van der Waals surface area contributed by atoms with Crippen LogP contribution in [0.25, 0.3) is 11.3 Å². The predicted molar refractivity (Wildman–Crippen MR) is 94.9 cm³/mol. The highest BCUT2D eigenvalue weighted by Gasteiger charge is 2.36. The normalized spacial score (nSPS) is 23.2. The summed E-state index contributed by atoms with van der Waals surface area (Å²) in [6.45, 7) is 2.61. The fourth-order valence-corrected chi connectivity index (χ4v) is 3.94. The number of carbonyl (C=O) groups excluding carboxylic acids is 1. The lowest BCUT2D eigenvalue weighted by Crippen LogP contribution is -2.49. The van der Waals surface area contributed by atoms with Crippen LogP contribution in [0.2, 0.25) is 0 Å². The summed E-state index contributed by atoms with van der Waals surface area (Å²) in [6, 6.07) is 12.4. The number of nitrogens with zero attached hydrogens (tertiary/aromatic N) is 2. The molecule has 1 aromatic carbocycles. The summed E-state index contributed by atoms with van der Waals surface area (Å²) in [5.41, 5.74) is 1.79. The minimum Gasteiger partial charge on any atom is -0.359 e. The Labute approximate surface area is 147 Å². The van der Waals surface area contributed by atoms with E-state index in [1.807, 2.05) is 36.4 Å². The molecule has 132 valence electrons. The van der Waals surface area contributed by atoms with Crippen LogP contribution in [0.3, 0.4) is 0 Å². The van der Waals surface area contributed by atoms with Gasteiger partial charge in [0, 0.05) is 30.3 Å². The topological polar surface area (TPSA) is 70.4 Å². The minimum absolute atomic E-state index is 0.130. The molecule has 2 fully saturated rings. The summed E-state index contributed by atoms with van der Waals surface area (Å²) < 4.78 is 5.32. The molecular weight excluding hydrogens is 316 g/mol. The van der Waals surface area contributed by atoms with Crippen LogP contribution in [-0.2, 0) is 6.54 Å². The Morgan fingerprint density at radius 3 is 2.96 bits per heavy atom. The van der Waals surface area contributed by atoms with Crippen LogP contribution in [0.4, 0.5) is 4.79 Å². The van der Waals surface area contributed by atoms with Crippen LogP contribution >= 0.6 is 0 Å². The lowest BCUT2D eigenvalue weighted by molar-refractivity contribution is 0.178. The zero-order chi connectivity index (χ0) is 17.1. The number of hydrogen-bond acceptors (Lipinski definition) is 4. The molecule has 4 rings (SSSR count). The van der Waals surface area contributed by atoms with Crippen molar-refractivity contribution in [1.29, 1.82) is 0 Å². The molecular formula is C19H24N4O2. The summed E-state index contributed by atoms with van der Waals surface area (Å²) in [7, 11) is 0. The van der Waals surface area contributed by atoms with Gasteiger partial charge in [-0.2, -0.15) is 0 Å². The van der Waals surface area contributed by atoms with Gasteiger partial charge in [0.2, 0.25) is 0 Å². The minimum atomic E-state index is -0.130. The second-order valence-corrected chi connectivity index (χ2v) is 6.87. The molecule has 6 heteroatoms. The predicted octanol–water partition coefficient (Wildman–Crippen LogP) is 2.77. The number of nitrogens with one attached hydrogen (secondary N) is 2. The Morgan fingerprint density at radius 1 is 1.20 bits per heavy atom. The lowest BCUT2D eigenvalue weighted by Gasteiger charge is -2.32. The lowest BCUT2D eigenvalue weighted by atomic mass is 9.99. The molecule has 2 amide bonds. The van der Waals surface area contributed by atoms with Gasteiger partial charge in [-0.1, -0.05) is 41.9 Å². The van der Waals surface area contributed by atoms with Gasteiger partial charge in [-0.05, 0) is 25.8 Å². The van der Waals surface area contributed by atoms with Crippen molar-refractivity contribution in [1.82, 2.24) is 20.7 Å². The molecule has 0 aliphatic carbocycles. The van der Waals surface area contributed by atoms with Crippen molar-refractivity contribution in [3.63, 3.8) is 0 Å². The third-order valence-electron chi connectivity index (χ3n) is 5.22. The summed E-state index contributed by atoms with van der Waals surface area (Å²) in [5.74, 6) is 0.653. The van der Waals surface area contributed by atoms with Crippen LogP contribution in [0.5, 0.6) is 0 Å². The van der Waals surface area contributed by atoms with E-state index in [1.54, 1.807) is 0 Å². The zero-order valence-electron chi connectivity index (χ0n) is 14.3. The number of rotatable bonds is 4. The average molecular weight is 340 g/mol. The number of aromatic nitrogens is 1. The van der Waals surface area contributed by atoms with Gasteiger partial charge in [-0.3, -0.25) is 4.90 Å². The number of hydrogen-bond donors (Lipinski definition) is 2. The smallest absolute Gasteiger partial charge is 0.315 e. The molecule has 2 aliphatic rings. The summed E-state index contributed by atoms with van der Waals surface area (Å²) in [5, 5.41) is 10.1. The van der Waals surface area contributed by atoms with E-state index in [2.05, 4.69) is 20.7 Å². The maximum atomic E-state index is 12.2. The van der Waals surface area contributed by atoms with Gasteiger partial charge in [0.15, 0.2) is 5.76 Å². The Morgan fingerprint density at radius 2 is 2.08 bits per heavy atom. The third kappa shape index (κ3) is 3.69. The van der Waals surface area contributed by atoms with Crippen LogP contribution in [0, 0.1) is 0 Å². The molecule has 2 N–H and O–H groups in total. The first-order chi connectivity index (χ1) is 12.3. The highest BCUT2D eigenvalue weighted by molar-refractivity contribution is 5.74. The first-order valence-electron chi connectivity index (χ1n) is 9.09. The molecule has 2 saturated heterocycles. The largest absolute Gasteiger partial charge is 0.359 e. The molecule has 2 aliphatic heterocycles. The van der Waals surface area contributed by atoms with Crippen LogP contribution in [0.15, 0.2) is 40.9 Å². The molecule has 25 heavy (non-hydrogen) atoms. The molecule has 0 unspecified atom stereocenters. The number of amides is 2. The van der Waals surface area contributed by atoms with E-state index in [0.717, 1.165) is 24.2 Å². The van der Waals surface area contributed by atoms with E-state index in [0.29, 0.717) is 18.3 Å². The van der Waals surface area contributed by atoms with Crippen LogP contribution < -0.4 is 10.6 Å². The molecule has 2 aromatic rings. The molecule has 2 atom stereocenters. The first kappa shape index (κ1) is 16.1. The van der Waals surface area contributed by atoms with Gasteiger partial charge in [0.25, 0.3) is 0 Å². The van der Waals surface area contributed by atoms with Gasteiger partial charge in [0.1, 0.15) is 5.69 Å². The van der Waals surface area contributed by atoms with Crippen molar-refractivity contribution in [2.75, 3.05) is 13.1 Å². The van der Waals surface area contributed by atoms with Gasteiger partial charge < -0.3 is 15.2 Å². The maximum Gasteiger partial charge on any atom is 0.315 e. The van der Waals surface area contributed by atoms with Gasteiger partial charge in [-0.25, -0.2) is 4.79 Å². The third-order valence-corrected chi connectivity index (χ3v) is 5.22. The van der Waals surface area contributed by atoms with E-state index >= 15 is 0 Å². The SMILES string of the molecule is O=C(NCc1cc(-c2ccccc2)no1)N[C@@H]1CCN2CCCC[C@@H]12. The van der Waals surface area contributed by atoms with Gasteiger partial charge in [-0.15, -0.1) is 0 Å². The van der Waals surface area contributed by atoms with Crippen molar-refractivity contribution in [2.45, 2.75) is 44.3 Å². The zero-order valence-corrected chi connectivity index (χ0v) is 14.3. The van der Waals surface area contributed by atoms with Gasteiger partial charge >= 0.3 is 6.03 Å². The van der Waals surface area contributed by atoms with Crippen molar-refractivity contribution in [3.8, 4) is 11.3 Å². The average Bonchev–Trinajstić information content (AvgIpc) is 3.28. The second kappa shape index (κ2) is 7.27. The molecule has 0 radical (unpaired) electrons. The number of urea groups is 1. The van der Waals surface area contributed by atoms with Crippen LogP contribution in [0.1, 0.15) is 31.4 Å². The highest BCUT2D eigenvalue weighted by Crippen LogP contribution is 2.27. The molecule has 1 aromatic heterocycles. The van der Waals surface area contributed by atoms with Crippen molar-refractivity contribution < 1.29 is 9.32 Å². The number of carbonyl (C=O) groups is 1. The molecule has 6 nitrogen and oxygen atoms in total. The fraction of sp³-hybridized carbons (Fsp3) is 0.474. The van der Waals surface area contributed by atoms with Crippen molar-refractivity contribution in [3.05, 3.63) is 42.2 Å². The Bertz CT molecular complexity index is 715. The van der Waals surface area contributed by atoms with Crippen LogP contribution in [-0.4, -0.2) is 41.3 Å². The summed E-state index contributed by atoms with van der Waals surface area (Å²) in [4.78, 5) is 14.7. The number of piperidine rings is 1. The molecule has 0 saturated carbocycles. The van der Waals surface area contributed by atoms with E-state index in [9.17, 15) is 4.79 Å². The monoisotopic (exact) mass is 340 g/mol. The fourth-order valence-electron chi connectivity index (χ4n) is 3.94. The van der Waals surface area contributed by atoms with Gasteiger partial charge in [0.05, 0.1) is 6.54 Å². The maximum absolute atomic E-state index is 12.2. The van der Waals surface area contributed by atoms with E-state index in [1.165, 1.54) is 25.8 Å². The van der Waals surface area contributed by atoms with E-state index in [-0.39, 0.29) is 12.1 Å². The quantitative estimate of drug-likeness (QED) is 0.898. The van der Waals surface area contributed by atoms with Crippen molar-refractivity contribution in [2.24, 2.45) is 0 Å². The standard InChI is InChI=1S/C19H24N4O2/c24-19(21-16-9-11-23-10-5-4-8-18(16)23)20-13-15-12-17(22-25-15)14-6-2-1-3-7-14/h1-3,6-7,12,16,18H,4-5,8-11,13H2,(H2,20,21,24)/t16-,18+/m1/s1. The Kier molecular flexibility index (Phi) is 4.70. The summed E-state index contributed by atoms with van der Waals surface area (Å²) >= 11 is 0. The summed E-state index contributed by atoms with van der Waals surface area (Å²) in [6.07, 6.45) is 4.78. The molecule has 0 bridgehead atoms. The van der Waals surface area contributed by atoms with E-state index < -0.39 is 0 Å². The number of benzene rings is 1. The Hall–Kier alpha value is -2.34.